The molecule has 0 bridgehead atoms. The van der Waals surface area contributed by atoms with Crippen molar-refractivity contribution < 1.29 is 26.3 Å². The molecule has 0 saturated carbocycles. The van der Waals surface area contributed by atoms with Crippen molar-refractivity contribution in [2.45, 2.75) is 22.6 Å². The summed E-state index contributed by atoms with van der Waals surface area (Å²) in [6.07, 6.45) is 1.61. The minimum atomic E-state index is -4.00. The van der Waals surface area contributed by atoms with Gasteiger partial charge in [0.15, 0.2) is 0 Å². The first-order valence-electron chi connectivity index (χ1n) is 8.73. The number of halogens is 1. The fraction of sp³-hybridized carbons (Fsp3) is 0.333. The molecule has 158 valence electrons. The molecule has 1 aliphatic rings. The van der Waals surface area contributed by atoms with Crippen LogP contribution in [0.25, 0.3) is 0 Å². The van der Waals surface area contributed by atoms with Gasteiger partial charge in [0.1, 0.15) is 11.5 Å². The van der Waals surface area contributed by atoms with Crippen LogP contribution >= 0.6 is 15.9 Å². The number of sulfonamides is 2. The molecule has 1 fully saturated rings. The molecule has 3 rings (SSSR count). The zero-order valence-corrected chi connectivity index (χ0v) is 19.1. The van der Waals surface area contributed by atoms with E-state index < -0.39 is 20.0 Å². The number of hydrogen-bond acceptors (Lipinski definition) is 6. The van der Waals surface area contributed by atoms with Gasteiger partial charge in [-0.15, -0.1) is 0 Å². The first-order chi connectivity index (χ1) is 13.7. The second kappa shape index (κ2) is 8.50. The predicted octanol–water partition coefficient (Wildman–Crippen LogP) is 3.05. The highest BCUT2D eigenvalue weighted by Crippen LogP contribution is 2.33. The molecule has 2 aromatic carbocycles. The number of hydrogen-bond donors (Lipinski definition) is 1. The highest BCUT2D eigenvalue weighted by Gasteiger charge is 2.28. The van der Waals surface area contributed by atoms with Crippen LogP contribution in [0.3, 0.4) is 0 Å². The molecule has 0 aromatic heterocycles. The molecule has 0 radical (unpaired) electrons. The lowest BCUT2D eigenvalue weighted by Crippen LogP contribution is -2.28. The number of nitrogens with zero attached hydrogens (tertiary/aromatic N) is 1. The first-order valence-corrected chi connectivity index (χ1v) is 12.5. The van der Waals surface area contributed by atoms with Crippen LogP contribution < -0.4 is 14.2 Å². The van der Waals surface area contributed by atoms with Gasteiger partial charge in [-0.1, -0.05) is 0 Å². The molecule has 1 saturated heterocycles. The van der Waals surface area contributed by atoms with Crippen molar-refractivity contribution in [3.8, 4) is 11.5 Å². The number of rotatable bonds is 7. The van der Waals surface area contributed by atoms with Crippen molar-refractivity contribution in [2.75, 3.05) is 32.0 Å². The van der Waals surface area contributed by atoms with E-state index in [1.165, 1.54) is 54.9 Å². The van der Waals surface area contributed by atoms with E-state index in [-0.39, 0.29) is 21.2 Å². The van der Waals surface area contributed by atoms with Crippen molar-refractivity contribution in [1.29, 1.82) is 0 Å². The Morgan fingerprint density at radius 1 is 0.897 bits per heavy atom. The molecular formula is C18H21BrN2O6S2. The maximum atomic E-state index is 12.9. The molecule has 1 heterocycles. The largest absolute Gasteiger partial charge is 0.496 e. The highest BCUT2D eigenvalue weighted by atomic mass is 79.9. The maximum absolute atomic E-state index is 12.9. The Balaban J connectivity index is 1.98. The average Bonchev–Trinajstić information content (AvgIpc) is 3.23. The van der Waals surface area contributed by atoms with Gasteiger partial charge in [0, 0.05) is 13.1 Å². The zero-order valence-electron chi connectivity index (χ0n) is 15.9. The van der Waals surface area contributed by atoms with E-state index in [2.05, 4.69) is 20.7 Å². The molecule has 0 aliphatic carbocycles. The smallest absolute Gasteiger partial charge is 0.262 e. The number of nitrogens with one attached hydrogen (secondary N) is 1. The Bertz CT molecular complexity index is 1110. The number of anilines is 1. The van der Waals surface area contributed by atoms with Crippen LogP contribution in [-0.4, -0.2) is 48.4 Å². The molecule has 8 nitrogen and oxygen atoms in total. The molecule has 0 spiro atoms. The van der Waals surface area contributed by atoms with Crippen molar-refractivity contribution in [3.05, 3.63) is 40.9 Å². The lowest BCUT2D eigenvalue weighted by atomic mass is 10.3. The van der Waals surface area contributed by atoms with Crippen molar-refractivity contribution in [2.24, 2.45) is 0 Å². The summed E-state index contributed by atoms with van der Waals surface area (Å²) in [4.78, 5) is -0.00570. The van der Waals surface area contributed by atoms with Crippen LogP contribution in [0.15, 0.2) is 50.7 Å². The Morgan fingerprint density at radius 2 is 1.48 bits per heavy atom. The minimum Gasteiger partial charge on any atom is -0.496 e. The van der Waals surface area contributed by atoms with Gasteiger partial charge in [-0.2, -0.15) is 4.31 Å². The Hall–Kier alpha value is -1.82. The normalized spacial score (nSPS) is 15.3. The van der Waals surface area contributed by atoms with Crippen LogP contribution in [0.5, 0.6) is 11.5 Å². The zero-order chi connectivity index (χ0) is 21.2. The van der Waals surface area contributed by atoms with Crippen LogP contribution in [0.2, 0.25) is 0 Å². The Labute approximate surface area is 179 Å². The van der Waals surface area contributed by atoms with E-state index in [4.69, 9.17) is 9.47 Å². The Morgan fingerprint density at radius 3 is 2.07 bits per heavy atom. The topological polar surface area (TPSA) is 102 Å². The SMILES string of the molecule is COc1ccc(S(=O)(=O)Nc2cc(S(=O)(=O)N3CCCC3)ccc2OC)cc1Br. The molecular weight excluding hydrogens is 484 g/mol. The van der Waals surface area contributed by atoms with Crippen molar-refractivity contribution in [3.63, 3.8) is 0 Å². The van der Waals surface area contributed by atoms with Gasteiger partial charge < -0.3 is 9.47 Å². The first kappa shape index (κ1) is 21.9. The molecule has 29 heavy (non-hydrogen) atoms. The van der Waals surface area contributed by atoms with Crippen molar-refractivity contribution >= 4 is 41.7 Å². The van der Waals surface area contributed by atoms with Gasteiger partial charge in [-0.25, -0.2) is 16.8 Å². The van der Waals surface area contributed by atoms with E-state index in [9.17, 15) is 16.8 Å². The lowest BCUT2D eigenvalue weighted by molar-refractivity contribution is 0.411. The summed E-state index contributed by atoms with van der Waals surface area (Å²) in [7, 11) is -4.85. The monoisotopic (exact) mass is 504 g/mol. The van der Waals surface area contributed by atoms with Gasteiger partial charge >= 0.3 is 0 Å². The van der Waals surface area contributed by atoms with E-state index in [1.807, 2.05) is 0 Å². The lowest BCUT2D eigenvalue weighted by Gasteiger charge is -2.18. The minimum absolute atomic E-state index is 0.00816. The fourth-order valence-corrected chi connectivity index (χ4v) is 6.35. The summed E-state index contributed by atoms with van der Waals surface area (Å²) in [6.45, 7) is 0.907. The van der Waals surface area contributed by atoms with Crippen LogP contribution in [0.4, 0.5) is 5.69 Å². The van der Waals surface area contributed by atoms with E-state index in [0.717, 1.165) is 12.8 Å². The average molecular weight is 505 g/mol. The van der Waals surface area contributed by atoms with Crippen molar-refractivity contribution in [1.82, 2.24) is 4.31 Å². The summed E-state index contributed by atoms with van der Waals surface area (Å²) in [5, 5.41) is 0. The summed E-state index contributed by atoms with van der Waals surface area (Å²) in [5.41, 5.74) is 0.0414. The molecule has 0 amide bonds. The van der Waals surface area contributed by atoms with Gasteiger partial charge in [0.05, 0.1) is 34.2 Å². The second-order valence-corrected chi connectivity index (χ2v) is 10.8. The molecule has 0 atom stereocenters. The summed E-state index contributed by atoms with van der Waals surface area (Å²) < 4.78 is 66.0. The quantitative estimate of drug-likeness (QED) is 0.621. The third-order valence-electron chi connectivity index (χ3n) is 4.55. The summed E-state index contributed by atoms with van der Waals surface area (Å²) in [6, 6.07) is 8.44. The van der Waals surface area contributed by atoms with Gasteiger partial charge in [-0.3, -0.25) is 4.72 Å². The molecule has 0 unspecified atom stereocenters. The number of methoxy groups -OCH3 is 2. The van der Waals surface area contributed by atoms with Crippen LogP contribution in [-0.2, 0) is 20.0 Å². The predicted molar refractivity (Wildman–Crippen MR) is 112 cm³/mol. The second-order valence-electron chi connectivity index (χ2n) is 6.38. The third-order valence-corrected chi connectivity index (χ3v) is 8.43. The Kier molecular flexibility index (Phi) is 6.42. The van der Waals surface area contributed by atoms with E-state index in [1.54, 1.807) is 0 Å². The summed E-state index contributed by atoms with van der Waals surface area (Å²) in [5.74, 6) is 0.696. The fourth-order valence-electron chi connectivity index (χ4n) is 3.02. The highest BCUT2D eigenvalue weighted by molar-refractivity contribution is 9.10. The molecule has 11 heteroatoms. The molecule has 1 aliphatic heterocycles. The van der Waals surface area contributed by atoms with E-state index >= 15 is 0 Å². The van der Waals surface area contributed by atoms with Gasteiger partial charge in [0.2, 0.25) is 10.0 Å². The maximum Gasteiger partial charge on any atom is 0.262 e. The molecule has 2 aromatic rings. The number of benzene rings is 2. The standard InChI is InChI=1S/C18H21BrN2O6S2/c1-26-17-7-5-13(11-15(17)19)28(22,23)20-16-12-14(6-8-18(16)27-2)29(24,25)21-9-3-4-10-21/h5-8,11-12,20H,3-4,9-10H2,1-2H3. The van der Waals surface area contributed by atoms with Gasteiger partial charge in [0.25, 0.3) is 10.0 Å². The molecule has 1 N–H and O–H groups in total. The van der Waals surface area contributed by atoms with E-state index in [0.29, 0.717) is 23.3 Å². The van der Waals surface area contributed by atoms with Crippen LogP contribution in [0.1, 0.15) is 12.8 Å². The van der Waals surface area contributed by atoms with Crippen LogP contribution in [0, 0.1) is 0 Å². The van der Waals surface area contributed by atoms with Gasteiger partial charge in [-0.05, 0) is 65.2 Å². The number of ether oxygens (including phenoxy) is 2. The summed E-state index contributed by atoms with van der Waals surface area (Å²) >= 11 is 3.26. The third kappa shape index (κ3) is 4.52.